The summed E-state index contributed by atoms with van der Waals surface area (Å²) in [5.74, 6) is 0.604. The van der Waals surface area contributed by atoms with Crippen LogP contribution in [0.2, 0.25) is 0 Å². The Hall–Kier alpha value is -3.14. The SMILES string of the molecule is C=C1\C=C(c2c[nH]c3nc(N/C(C)=C/C)nc(C)c23)/C=C\C=C/C=C\C1. The Bertz CT molecular complexity index is 981. The van der Waals surface area contributed by atoms with Crippen molar-refractivity contribution >= 4 is 22.6 Å². The summed E-state index contributed by atoms with van der Waals surface area (Å²) in [5, 5.41) is 4.25. The predicted molar refractivity (Wildman–Crippen MR) is 111 cm³/mol. The molecule has 0 spiro atoms. The molecule has 1 aliphatic carbocycles. The number of allylic oxidation sites excluding steroid dienone is 11. The first kappa shape index (κ1) is 17.7. The second-order valence-corrected chi connectivity index (χ2v) is 6.29. The van der Waals surface area contributed by atoms with Crippen LogP contribution in [-0.4, -0.2) is 15.0 Å². The zero-order chi connectivity index (χ0) is 18.5. The minimum atomic E-state index is 0.604. The van der Waals surface area contributed by atoms with Crippen molar-refractivity contribution in [3.8, 4) is 0 Å². The van der Waals surface area contributed by atoms with E-state index < -0.39 is 0 Å². The highest BCUT2D eigenvalue weighted by Crippen LogP contribution is 2.29. The van der Waals surface area contributed by atoms with E-state index in [1.54, 1.807) is 0 Å². The van der Waals surface area contributed by atoms with E-state index in [2.05, 4.69) is 45.1 Å². The van der Waals surface area contributed by atoms with Gasteiger partial charge in [-0.2, -0.15) is 4.98 Å². The fourth-order valence-corrected chi connectivity index (χ4v) is 2.82. The lowest BCUT2D eigenvalue weighted by Crippen LogP contribution is -2.02. The van der Waals surface area contributed by atoms with Crippen LogP contribution in [0.5, 0.6) is 0 Å². The van der Waals surface area contributed by atoms with E-state index in [-0.39, 0.29) is 0 Å². The summed E-state index contributed by atoms with van der Waals surface area (Å²) in [6.07, 6.45) is 19.3. The molecule has 1 aliphatic rings. The fourth-order valence-electron chi connectivity index (χ4n) is 2.82. The van der Waals surface area contributed by atoms with E-state index in [1.807, 2.05) is 57.3 Å². The molecule has 0 saturated carbocycles. The second kappa shape index (κ2) is 7.83. The minimum Gasteiger partial charge on any atom is -0.345 e. The number of nitrogens with zero attached hydrogens (tertiary/aromatic N) is 2. The number of anilines is 1. The smallest absolute Gasteiger partial charge is 0.229 e. The predicted octanol–water partition coefficient (Wildman–Crippen LogP) is 5.61. The van der Waals surface area contributed by atoms with Crippen LogP contribution < -0.4 is 5.32 Å². The molecule has 4 nitrogen and oxygen atoms in total. The van der Waals surface area contributed by atoms with Gasteiger partial charge in [-0.3, -0.25) is 0 Å². The third-order valence-electron chi connectivity index (χ3n) is 4.25. The quantitative estimate of drug-likeness (QED) is 0.760. The van der Waals surface area contributed by atoms with Crippen molar-refractivity contribution in [1.82, 2.24) is 15.0 Å². The van der Waals surface area contributed by atoms with Gasteiger partial charge in [-0.1, -0.05) is 60.8 Å². The monoisotopic (exact) mass is 344 g/mol. The number of hydrogen-bond acceptors (Lipinski definition) is 3. The molecule has 0 atom stereocenters. The van der Waals surface area contributed by atoms with Crippen LogP contribution in [0.4, 0.5) is 5.95 Å². The van der Waals surface area contributed by atoms with E-state index in [9.17, 15) is 0 Å². The summed E-state index contributed by atoms with van der Waals surface area (Å²) in [5.41, 5.74) is 6.02. The van der Waals surface area contributed by atoms with Crippen LogP contribution in [-0.2, 0) is 0 Å². The van der Waals surface area contributed by atoms with E-state index in [1.165, 1.54) is 0 Å². The summed E-state index contributed by atoms with van der Waals surface area (Å²) in [4.78, 5) is 12.5. The van der Waals surface area contributed by atoms with Crippen molar-refractivity contribution < 1.29 is 0 Å². The lowest BCUT2D eigenvalue weighted by Gasteiger charge is -2.08. The Morgan fingerprint density at radius 1 is 1.23 bits per heavy atom. The molecule has 4 heteroatoms. The van der Waals surface area contributed by atoms with Gasteiger partial charge in [0.25, 0.3) is 0 Å². The highest BCUT2D eigenvalue weighted by molar-refractivity contribution is 5.95. The van der Waals surface area contributed by atoms with Crippen LogP contribution in [0.3, 0.4) is 0 Å². The molecule has 0 amide bonds. The molecular weight excluding hydrogens is 320 g/mol. The van der Waals surface area contributed by atoms with Gasteiger partial charge < -0.3 is 10.3 Å². The third-order valence-corrected chi connectivity index (χ3v) is 4.25. The molecule has 2 N–H and O–H groups in total. The first-order chi connectivity index (χ1) is 12.6. The summed E-state index contributed by atoms with van der Waals surface area (Å²) in [6, 6.07) is 0. The van der Waals surface area contributed by atoms with Gasteiger partial charge in [-0.25, -0.2) is 4.98 Å². The maximum atomic E-state index is 4.63. The van der Waals surface area contributed by atoms with Crippen LogP contribution in [0.1, 0.15) is 31.5 Å². The Balaban J connectivity index is 2.07. The average Bonchev–Trinajstić information content (AvgIpc) is 3.04. The number of rotatable bonds is 3. The molecule has 0 aromatic carbocycles. The lowest BCUT2D eigenvalue weighted by molar-refractivity contribution is 1.12. The first-order valence-corrected chi connectivity index (χ1v) is 8.74. The van der Waals surface area contributed by atoms with Crippen LogP contribution in [0.15, 0.2) is 72.7 Å². The molecule has 0 aliphatic heterocycles. The van der Waals surface area contributed by atoms with E-state index in [4.69, 9.17) is 0 Å². The number of nitrogens with one attached hydrogen (secondary N) is 2. The Labute approximate surface area is 154 Å². The molecule has 2 aromatic heterocycles. The molecule has 26 heavy (non-hydrogen) atoms. The molecule has 132 valence electrons. The number of aromatic nitrogens is 3. The van der Waals surface area contributed by atoms with E-state index in [0.717, 1.165) is 45.6 Å². The van der Waals surface area contributed by atoms with E-state index in [0.29, 0.717) is 5.95 Å². The number of fused-ring (bicyclic) bond motifs is 1. The average molecular weight is 344 g/mol. The number of aromatic amines is 1. The Morgan fingerprint density at radius 3 is 2.85 bits per heavy atom. The van der Waals surface area contributed by atoms with Gasteiger partial charge in [0.1, 0.15) is 5.65 Å². The molecule has 0 radical (unpaired) electrons. The van der Waals surface area contributed by atoms with E-state index >= 15 is 0 Å². The topological polar surface area (TPSA) is 53.6 Å². The summed E-state index contributed by atoms with van der Waals surface area (Å²) >= 11 is 0. The molecule has 3 rings (SSSR count). The molecule has 0 fully saturated rings. The minimum absolute atomic E-state index is 0.604. The van der Waals surface area contributed by atoms with Crippen molar-refractivity contribution in [3.63, 3.8) is 0 Å². The normalized spacial score (nSPS) is 21.1. The lowest BCUT2D eigenvalue weighted by atomic mass is 10.0. The summed E-state index contributed by atoms with van der Waals surface area (Å²) in [7, 11) is 0. The largest absolute Gasteiger partial charge is 0.345 e. The highest BCUT2D eigenvalue weighted by atomic mass is 15.1. The molecule has 0 saturated heterocycles. The van der Waals surface area contributed by atoms with Gasteiger partial charge in [0.2, 0.25) is 5.95 Å². The van der Waals surface area contributed by atoms with Crippen molar-refractivity contribution in [1.29, 1.82) is 0 Å². The Kier molecular flexibility index (Phi) is 5.32. The number of H-pyrrole nitrogens is 1. The van der Waals surface area contributed by atoms with Gasteiger partial charge >= 0.3 is 0 Å². The zero-order valence-corrected chi connectivity index (χ0v) is 15.5. The third kappa shape index (κ3) is 3.91. The molecular formula is C22H24N4. The summed E-state index contributed by atoms with van der Waals surface area (Å²) in [6.45, 7) is 10.2. The zero-order valence-electron chi connectivity index (χ0n) is 15.5. The first-order valence-electron chi connectivity index (χ1n) is 8.74. The van der Waals surface area contributed by atoms with Crippen molar-refractivity contribution in [3.05, 3.63) is 83.9 Å². The molecule has 2 heterocycles. The van der Waals surface area contributed by atoms with Crippen LogP contribution >= 0.6 is 0 Å². The maximum absolute atomic E-state index is 4.63. The Morgan fingerprint density at radius 2 is 2.04 bits per heavy atom. The highest BCUT2D eigenvalue weighted by Gasteiger charge is 2.13. The van der Waals surface area contributed by atoms with Crippen LogP contribution in [0, 0.1) is 6.92 Å². The van der Waals surface area contributed by atoms with Crippen LogP contribution in [0.25, 0.3) is 16.6 Å². The maximum Gasteiger partial charge on any atom is 0.229 e. The number of aryl methyl sites for hydroxylation is 1. The van der Waals surface area contributed by atoms with Gasteiger partial charge in [0.05, 0.1) is 5.69 Å². The molecule has 0 bridgehead atoms. The summed E-state index contributed by atoms with van der Waals surface area (Å²) < 4.78 is 0. The second-order valence-electron chi connectivity index (χ2n) is 6.29. The van der Waals surface area contributed by atoms with Crippen molar-refractivity contribution in [2.24, 2.45) is 0 Å². The van der Waals surface area contributed by atoms with Crippen molar-refractivity contribution in [2.45, 2.75) is 27.2 Å². The standard InChI is InChI=1S/C22H24N4/c1-5-16(3)24-22-25-17(4)20-19(14-23-21(20)26-22)18-12-10-8-6-7-9-11-15(2)13-18/h5-10,12-14H,2,11H2,1,3-4H3,(H2,23,24,25,26)/b8-6-,9-7-,12-10-,16-5+,18-13+. The van der Waals surface area contributed by atoms with Crippen molar-refractivity contribution in [2.75, 3.05) is 5.32 Å². The van der Waals surface area contributed by atoms with Gasteiger partial charge in [-0.05, 0) is 32.8 Å². The molecule has 2 aromatic rings. The number of hydrogen-bond donors (Lipinski definition) is 2. The van der Waals surface area contributed by atoms with Gasteiger partial charge in [0.15, 0.2) is 0 Å². The molecule has 0 unspecified atom stereocenters. The fraction of sp³-hybridized carbons (Fsp3) is 0.182. The van der Waals surface area contributed by atoms with Gasteiger partial charge in [0, 0.05) is 22.8 Å². The van der Waals surface area contributed by atoms with Gasteiger partial charge in [-0.15, -0.1) is 0 Å².